The minimum atomic E-state index is -0.387. The zero-order valence-electron chi connectivity index (χ0n) is 21.0. The van der Waals surface area contributed by atoms with E-state index in [-0.39, 0.29) is 11.7 Å². The Morgan fingerprint density at radius 1 is 0.556 bits per heavy atom. The highest BCUT2D eigenvalue weighted by Gasteiger charge is 2.17. The molecule has 36 heavy (non-hydrogen) atoms. The molecule has 1 heterocycles. The highest BCUT2D eigenvalue weighted by Crippen LogP contribution is 2.34. The van der Waals surface area contributed by atoms with Gasteiger partial charge in [0.2, 0.25) is 5.89 Å². The van der Waals surface area contributed by atoms with Crippen LogP contribution in [0.3, 0.4) is 0 Å². The third-order valence-corrected chi connectivity index (χ3v) is 6.54. The summed E-state index contributed by atoms with van der Waals surface area (Å²) in [6, 6.07) is 29.7. The second-order valence-corrected chi connectivity index (χ2v) is 9.67. The van der Waals surface area contributed by atoms with Crippen molar-refractivity contribution >= 4 is 0 Å². The van der Waals surface area contributed by atoms with E-state index in [2.05, 4.69) is 80.4 Å². The predicted octanol–water partition coefficient (Wildman–Crippen LogP) is 9.12. The van der Waals surface area contributed by atoms with Crippen molar-refractivity contribution in [3.8, 4) is 45.2 Å². The fourth-order valence-electron chi connectivity index (χ4n) is 4.62. The van der Waals surface area contributed by atoms with Gasteiger partial charge in [-0.2, -0.15) is 0 Å². The summed E-state index contributed by atoms with van der Waals surface area (Å²) in [7, 11) is 0. The van der Waals surface area contributed by atoms with E-state index in [0.29, 0.717) is 23.3 Å². The number of halogens is 1. The van der Waals surface area contributed by atoms with E-state index in [9.17, 15) is 0 Å². The van der Waals surface area contributed by atoms with Gasteiger partial charge in [-0.25, -0.2) is 4.39 Å². The Kier molecular flexibility index (Phi) is 6.51. The van der Waals surface area contributed by atoms with Gasteiger partial charge in [0.15, 0.2) is 0 Å². The van der Waals surface area contributed by atoms with Crippen molar-refractivity contribution in [1.82, 2.24) is 10.2 Å². The Morgan fingerprint density at radius 3 is 1.64 bits per heavy atom. The number of nitrogens with zero attached hydrogens (tertiary/aromatic N) is 2. The molecule has 0 saturated heterocycles. The van der Waals surface area contributed by atoms with E-state index in [1.165, 1.54) is 16.7 Å². The molecule has 0 radical (unpaired) electrons. The summed E-state index contributed by atoms with van der Waals surface area (Å²) in [4.78, 5) is 0. The Balaban J connectivity index is 1.42. The summed E-state index contributed by atoms with van der Waals surface area (Å²) in [5.41, 5.74) is 7.78. The summed E-state index contributed by atoms with van der Waals surface area (Å²) in [6.07, 6.45) is 0. The third-order valence-electron chi connectivity index (χ3n) is 6.54. The Hall–Kier alpha value is -4.05. The normalized spacial score (nSPS) is 11.4. The van der Waals surface area contributed by atoms with Crippen LogP contribution >= 0.6 is 0 Å². The lowest BCUT2D eigenvalue weighted by molar-refractivity contribution is 0.571. The van der Waals surface area contributed by atoms with Crippen LogP contribution in [0, 0.1) is 5.82 Å². The molecule has 180 valence electrons. The van der Waals surface area contributed by atoms with Crippen LogP contribution in [-0.4, -0.2) is 10.2 Å². The van der Waals surface area contributed by atoms with Crippen molar-refractivity contribution in [2.24, 2.45) is 0 Å². The molecule has 0 bridgehead atoms. The smallest absolute Gasteiger partial charge is 0.251 e. The topological polar surface area (TPSA) is 38.9 Å². The van der Waals surface area contributed by atoms with Crippen LogP contribution in [0.1, 0.15) is 50.7 Å². The average molecular weight is 477 g/mol. The van der Waals surface area contributed by atoms with Crippen molar-refractivity contribution in [2.75, 3.05) is 0 Å². The second-order valence-electron chi connectivity index (χ2n) is 9.67. The SMILES string of the molecule is CC(C)c1ccccc1-c1ccc(-c2nnc(-c3ccc(-c4ccccc4C(C)C)cc3F)o2)cc1. The second kappa shape index (κ2) is 9.90. The molecular formula is C32H29FN2O. The molecule has 5 rings (SSSR count). The van der Waals surface area contributed by atoms with Gasteiger partial charge in [-0.05, 0) is 69.5 Å². The standard InChI is InChI=1S/C32H29FN2O/c1-20(2)25-9-5-7-11-27(25)22-13-15-23(16-14-22)31-34-35-32(36-31)29-18-17-24(19-30(29)33)28-12-8-6-10-26(28)21(3)4/h5-21H,1-4H3. The van der Waals surface area contributed by atoms with Crippen LogP contribution < -0.4 is 0 Å². The lowest BCUT2D eigenvalue weighted by Crippen LogP contribution is -1.93. The minimum absolute atomic E-state index is 0.167. The number of rotatable bonds is 6. The molecule has 0 aliphatic rings. The summed E-state index contributed by atoms with van der Waals surface area (Å²) >= 11 is 0. The first kappa shape index (κ1) is 23.7. The van der Waals surface area contributed by atoms with Crippen molar-refractivity contribution in [1.29, 1.82) is 0 Å². The lowest BCUT2D eigenvalue weighted by Gasteiger charge is -2.13. The van der Waals surface area contributed by atoms with Crippen LogP contribution in [0.5, 0.6) is 0 Å². The van der Waals surface area contributed by atoms with Gasteiger partial charge in [-0.3, -0.25) is 0 Å². The number of aromatic nitrogens is 2. The van der Waals surface area contributed by atoms with Gasteiger partial charge in [0, 0.05) is 5.56 Å². The maximum Gasteiger partial charge on any atom is 0.251 e. The van der Waals surface area contributed by atoms with Crippen molar-refractivity contribution in [3.63, 3.8) is 0 Å². The summed E-state index contributed by atoms with van der Waals surface area (Å²) < 4.78 is 21.1. The van der Waals surface area contributed by atoms with E-state index in [4.69, 9.17) is 4.42 Å². The number of benzene rings is 4. The molecule has 0 aliphatic carbocycles. The van der Waals surface area contributed by atoms with Gasteiger partial charge >= 0.3 is 0 Å². The molecule has 0 spiro atoms. The zero-order valence-corrected chi connectivity index (χ0v) is 21.0. The highest BCUT2D eigenvalue weighted by molar-refractivity contribution is 5.72. The van der Waals surface area contributed by atoms with Gasteiger partial charge in [0.25, 0.3) is 5.89 Å². The zero-order chi connectivity index (χ0) is 25.2. The molecule has 0 unspecified atom stereocenters. The summed E-state index contributed by atoms with van der Waals surface area (Å²) in [5.74, 6) is 0.914. The van der Waals surface area contributed by atoms with E-state index >= 15 is 4.39 Å². The Bertz CT molecular complexity index is 1500. The first-order valence-electron chi connectivity index (χ1n) is 12.3. The van der Waals surface area contributed by atoms with E-state index in [0.717, 1.165) is 22.3 Å². The van der Waals surface area contributed by atoms with Gasteiger partial charge in [-0.15, -0.1) is 10.2 Å². The lowest BCUT2D eigenvalue weighted by atomic mass is 9.92. The van der Waals surface area contributed by atoms with Crippen LogP contribution in [0.15, 0.2) is 95.4 Å². The minimum Gasteiger partial charge on any atom is -0.416 e. The first-order valence-corrected chi connectivity index (χ1v) is 12.3. The molecule has 0 saturated carbocycles. The Labute approximate surface area is 211 Å². The number of hydrogen-bond donors (Lipinski definition) is 0. The van der Waals surface area contributed by atoms with Crippen molar-refractivity contribution in [2.45, 2.75) is 39.5 Å². The van der Waals surface area contributed by atoms with Gasteiger partial charge in [0.1, 0.15) is 5.82 Å². The van der Waals surface area contributed by atoms with Crippen molar-refractivity contribution < 1.29 is 8.81 Å². The first-order chi connectivity index (χ1) is 17.4. The quantitative estimate of drug-likeness (QED) is 0.245. The fraction of sp³-hybridized carbons (Fsp3) is 0.188. The molecule has 4 aromatic carbocycles. The summed E-state index contributed by atoms with van der Waals surface area (Å²) in [6.45, 7) is 8.67. The van der Waals surface area contributed by atoms with Crippen molar-refractivity contribution in [3.05, 3.63) is 108 Å². The van der Waals surface area contributed by atoms with E-state index in [1.54, 1.807) is 12.1 Å². The largest absolute Gasteiger partial charge is 0.416 e. The third kappa shape index (κ3) is 4.59. The molecule has 0 N–H and O–H groups in total. The molecular weight excluding hydrogens is 447 g/mol. The highest BCUT2D eigenvalue weighted by atomic mass is 19.1. The van der Waals surface area contributed by atoms with E-state index < -0.39 is 0 Å². The molecule has 5 aromatic rings. The Morgan fingerprint density at radius 2 is 1.06 bits per heavy atom. The fourth-order valence-corrected chi connectivity index (χ4v) is 4.62. The van der Waals surface area contributed by atoms with Gasteiger partial charge in [-0.1, -0.05) is 94.4 Å². The molecule has 0 fully saturated rings. The average Bonchev–Trinajstić information content (AvgIpc) is 3.38. The van der Waals surface area contributed by atoms with Gasteiger partial charge < -0.3 is 4.42 Å². The monoisotopic (exact) mass is 476 g/mol. The van der Waals surface area contributed by atoms with Crippen LogP contribution in [-0.2, 0) is 0 Å². The molecule has 0 atom stereocenters. The maximum atomic E-state index is 15.2. The maximum absolute atomic E-state index is 15.2. The van der Waals surface area contributed by atoms with Crippen LogP contribution in [0.25, 0.3) is 45.2 Å². The summed E-state index contributed by atoms with van der Waals surface area (Å²) in [5, 5.41) is 8.32. The molecule has 4 heteroatoms. The molecule has 0 amide bonds. The molecule has 1 aromatic heterocycles. The van der Waals surface area contributed by atoms with Crippen LogP contribution in [0.2, 0.25) is 0 Å². The molecule has 3 nitrogen and oxygen atoms in total. The van der Waals surface area contributed by atoms with Crippen LogP contribution in [0.4, 0.5) is 4.39 Å². The number of hydrogen-bond acceptors (Lipinski definition) is 3. The molecule has 0 aliphatic heterocycles. The van der Waals surface area contributed by atoms with Gasteiger partial charge in [0.05, 0.1) is 5.56 Å². The van der Waals surface area contributed by atoms with E-state index in [1.807, 2.05) is 36.4 Å². The predicted molar refractivity (Wildman–Crippen MR) is 144 cm³/mol.